The van der Waals surface area contributed by atoms with Gasteiger partial charge in [-0.1, -0.05) is 11.6 Å². The zero-order valence-corrected chi connectivity index (χ0v) is 14.4. The van der Waals surface area contributed by atoms with E-state index in [1.54, 1.807) is 12.1 Å². The molecule has 0 radical (unpaired) electrons. The molecule has 1 saturated carbocycles. The standard InChI is InChI=1S/C19H22FN3O2/c1-19(11-2-3-12-23(19)17(24)14-5-4-6-14)18-21-16(25-22-18)13-7-9-15(20)10-8-13/h7-10,14H,2-6,11-12H2,1H3. The molecule has 132 valence electrons. The zero-order valence-electron chi connectivity index (χ0n) is 14.4. The van der Waals surface area contributed by atoms with Gasteiger partial charge in [0, 0.05) is 18.0 Å². The first kappa shape index (κ1) is 16.2. The minimum Gasteiger partial charge on any atom is -0.334 e. The molecule has 2 aromatic rings. The maximum atomic E-state index is 13.1. The van der Waals surface area contributed by atoms with Crippen LogP contribution >= 0.6 is 0 Å². The summed E-state index contributed by atoms with van der Waals surface area (Å²) in [5.41, 5.74) is 0.142. The van der Waals surface area contributed by atoms with Gasteiger partial charge in [0.2, 0.25) is 5.91 Å². The molecule has 1 aliphatic carbocycles. The molecule has 1 aromatic carbocycles. The van der Waals surface area contributed by atoms with Crippen molar-refractivity contribution in [1.82, 2.24) is 15.0 Å². The van der Waals surface area contributed by atoms with Crippen LogP contribution in [-0.2, 0) is 10.3 Å². The number of likely N-dealkylation sites (tertiary alicyclic amines) is 1. The van der Waals surface area contributed by atoms with Crippen LogP contribution in [-0.4, -0.2) is 27.5 Å². The zero-order chi connectivity index (χ0) is 17.4. The normalized spacial score (nSPS) is 24.2. The number of rotatable bonds is 3. The predicted octanol–water partition coefficient (Wildman–Crippen LogP) is 3.90. The second-order valence-corrected chi connectivity index (χ2v) is 7.28. The Kier molecular flexibility index (Phi) is 4.06. The molecule has 0 N–H and O–H groups in total. The van der Waals surface area contributed by atoms with Gasteiger partial charge < -0.3 is 9.42 Å². The highest BCUT2D eigenvalue weighted by Crippen LogP contribution is 2.40. The summed E-state index contributed by atoms with van der Waals surface area (Å²) in [7, 11) is 0. The van der Waals surface area contributed by atoms with Crippen LogP contribution in [0.15, 0.2) is 28.8 Å². The SMILES string of the molecule is CC1(c2noc(-c3ccc(F)cc3)n2)CCCCN1C(=O)C1CCC1. The second-order valence-electron chi connectivity index (χ2n) is 7.28. The number of carbonyl (C=O) groups excluding carboxylic acids is 1. The molecule has 1 atom stereocenters. The monoisotopic (exact) mass is 343 g/mol. The third-order valence-corrected chi connectivity index (χ3v) is 5.61. The van der Waals surface area contributed by atoms with Gasteiger partial charge >= 0.3 is 0 Å². The van der Waals surface area contributed by atoms with E-state index in [0.717, 1.165) is 45.1 Å². The molecule has 1 amide bonds. The molecule has 6 heteroatoms. The number of aromatic nitrogens is 2. The summed E-state index contributed by atoms with van der Waals surface area (Å²) in [6.07, 6.45) is 5.98. The van der Waals surface area contributed by atoms with Crippen molar-refractivity contribution in [3.8, 4) is 11.5 Å². The fraction of sp³-hybridized carbons (Fsp3) is 0.526. The Labute approximate surface area is 146 Å². The van der Waals surface area contributed by atoms with Crippen LogP contribution in [0.1, 0.15) is 51.3 Å². The first-order valence-electron chi connectivity index (χ1n) is 8.99. The molecule has 4 rings (SSSR count). The van der Waals surface area contributed by atoms with Gasteiger partial charge in [-0.15, -0.1) is 0 Å². The van der Waals surface area contributed by atoms with Gasteiger partial charge in [-0.2, -0.15) is 4.98 Å². The maximum absolute atomic E-state index is 13.1. The first-order valence-corrected chi connectivity index (χ1v) is 8.99. The Hall–Kier alpha value is -2.24. The number of hydrogen-bond acceptors (Lipinski definition) is 4. The fourth-order valence-electron chi connectivity index (χ4n) is 3.73. The smallest absolute Gasteiger partial charge is 0.258 e. The Morgan fingerprint density at radius 1 is 1.24 bits per heavy atom. The lowest BCUT2D eigenvalue weighted by Crippen LogP contribution is -2.53. The number of halogens is 1. The quantitative estimate of drug-likeness (QED) is 0.848. The lowest BCUT2D eigenvalue weighted by molar-refractivity contribution is -0.147. The number of piperidine rings is 1. The van der Waals surface area contributed by atoms with Gasteiger partial charge in [-0.25, -0.2) is 4.39 Å². The number of amides is 1. The average molecular weight is 343 g/mol. The molecule has 0 spiro atoms. The van der Waals surface area contributed by atoms with E-state index in [0.29, 0.717) is 17.3 Å². The van der Waals surface area contributed by atoms with Crippen molar-refractivity contribution in [3.63, 3.8) is 0 Å². The van der Waals surface area contributed by atoms with Gasteiger partial charge in [-0.05, 0) is 63.3 Å². The lowest BCUT2D eigenvalue weighted by Gasteiger charge is -2.45. The number of nitrogens with zero attached hydrogens (tertiary/aromatic N) is 3. The van der Waals surface area contributed by atoms with Crippen molar-refractivity contribution in [2.24, 2.45) is 5.92 Å². The molecule has 0 bridgehead atoms. The summed E-state index contributed by atoms with van der Waals surface area (Å²) in [6.45, 7) is 2.77. The van der Waals surface area contributed by atoms with Gasteiger partial charge in [-0.3, -0.25) is 4.79 Å². The second kappa shape index (κ2) is 6.24. The summed E-state index contributed by atoms with van der Waals surface area (Å²) in [4.78, 5) is 19.4. The van der Waals surface area contributed by atoms with E-state index in [2.05, 4.69) is 10.1 Å². The van der Waals surface area contributed by atoms with Crippen LogP contribution in [0.5, 0.6) is 0 Å². The largest absolute Gasteiger partial charge is 0.334 e. The van der Waals surface area contributed by atoms with Crippen molar-refractivity contribution < 1.29 is 13.7 Å². The fourth-order valence-corrected chi connectivity index (χ4v) is 3.73. The highest BCUT2D eigenvalue weighted by Gasteiger charge is 2.45. The Morgan fingerprint density at radius 2 is 2.00 bits per heavy atom. The van der Waals surface area contributed by atoms with Crippen LogP contribution in [0.2, 0.25) is 0 Å². The van der Waals surface area contributed by atoms with E-state index in [1.165, 1.54) is 12.1 Å². The summed E-state index contributed by atoms with van der Waals surface area (Å²) in [6, 6.07) is 5.97. The Balaban J connectivity index is 1.63. The van der Waals surface area contributed by atoms with Crippen LogP contribution in [0, 0.1) is 11.7 Å². The number of hydrogen-bond donors (Lipinski definition) is 0. The van der Waals surface area contributed by atoms with Crippen molar-refractivity contribution in [2.75, 3.05) is 6.54 Å². The molecule has 1 saturated heterocycles. The van der Waals surface area contributed by atoms with E-state index >= 15 is 0 Å². The first-order chi connectivity index (χ1) is 12.1. The molecule has 2 heterocycles. The predicted molar refractivity (Wildman–Crippen MR) is 89.9 cm³/mol. The van der Waals surface area contributed by atoms with Crippen molar-refractivity contribution in [2.45, 2.75) is 51.0 Å². The van der Waals surface area contributed by atoms with E-state index in [-0.39, 0.29) is 17.6 Å². The summed E-state index contributed by atoms with van der Waals surface area (Å²) < 4.78 is 18.5. The topological polar surface area (TPSA) is 59.2 Å². The average Bonchev–Trinajstić information content (AvgIpc) is 3.05. The molecule has 5 nitrogen and oxygen atoms in total. The Morgan fingerprint density at radius 3 is 2.68 bits per heavy atom. The highest BCUT2D eigenvalue weighted by molar-refractivity contribution is 5.80. The van der Waals surface area contributed by atoms with Gasteiger partial charge in [0.25, 0.3) is 5.89 Å². The summed E-state index contributed by atoms with van der Waals surface area (Å²) in [5.74, 6) is 0.972. The minimum atomic E-state index is -0.535. The molecular weight excluding hydrogens is 321 g/mol. The minimum absolute atomic E-state index is 0.154. The van der Waals surface area contributed by atoms with E-state index < -0.39 is 5.54 Å². The third-order valence-electron chi connectivity index (χ3n) is 5.61. The van der Waals surface area contributed by atoms with Crippen molar-refractivity contribution in [1.29, 1.82) is 0 Å². The van der Waals surface area contributed by atoms with E-state index in [9.17, 15) is 9.18 Å². The molecule has 2 fully saturated rings. The Bertz CT molecular complexity index is 769. The molecule has 1 aromatic heterocycles. The summed E-state index contributed by atoms with van der Waals surface area (Å²) >= 11 is 0. The van der Waals surface area contributed by atoms with Crippen molar-refractivity contribution in [3.05, 3.63) is 35.9 Å². The van der Waals surface area contributed by atoms with Gasteiger partial charge in [0.15, 0.2) is 5.82 Å². The van der Waals surface area contributed by atoms with Crippen LogP contribution < -0.4 is 0 Å². The molecule has 1 unspecified atom stereocenters. The van der Waals surface area contributed by atoms with Crippen LogP contribution in [0.3, 0.4) is 0 Å². The van der Waals surface area contributed by atoms with Crippen LogP contribution in [0.25, 0.3) is 11.5 Å². The summed E-state index contributed by atoms with van der Waals surface area (Å²) in [5, 5.41) is 4.17. The van der Waals surface area contributed by atoms with E-state index in [1.807, 2.05) is 11.8 Å². The molecular formula is C19H22FN3O2. The van der Waals surface area contributed by atoms with Crippen molar-refractivity contribution >= 4 is 5.91 Å². The number of carbonyl (C=O) groups is 1. The van der Waals surface area contributed by atoms with Crippen LogP contribution in [0.4, 0.5) is 4.39 Å². The molecule has 25 heavy (non-hydrogen) atoms. The highest BCUT2D eigenvalue weighted by atomic mass is 19.1. The molecule has 2 aliphatic rings. The number of benzene rings is 1. The van der Waals surface area contributed by atoms with E-state index in [4.69, 9.17) is 4.52 Å². The third kappa shape index (κ3) is 2.83. The van der Waals surface area contributed by atoms with Gasteiger partial charge in [0.1, 0.15) is 11.4 Å². The van der Waals surface area contributed by atoms with Gasteiger partial charge in [0.05, 0.1) is 0 Å². The maximum Gasteiger partial charge on any atom is 0.258 e. The molecule has 1 aliphatic heterocycles. The lowest BCUT2D eigenvalue weighted by atomic mass is 9.80.